The summed E-state index contributed by atoms with van der Waals surface area (Å²) in [5, 5.41) is 10.6. The Morgan fingerprint density at radius 3 is 0.755 bits per heavy atom. The first kappa shape index (κ1) is 92.1. The average molecular weight is 1380 g/mol. The van der Waals surface area contributed by atoms with Gasteiger partial charge < -0.3 is 33.8 Å². The molecule has 0 radical (unpaired) electrons. The van der Waals surface area contributed by atoms with E-state index in [9.17, 15) is 43.2 Å². The van der Waals surface area contributed by atoms with E-state index in [2.05, 4.69) is 55.4 Å². The molecule has 0 aliphatic carbocycles. The molecule has 0 aromatic heterocycles. The molecule has 0 aromatic carbocycles. The molecule has 17 nitrogen and oxygen atoms in total. The van der Waals surface area contributed by atoms with Crippen LogP contribution in [0.4, 0.5) is 0 Å². The third-order valence-corrected chi connectivity index (χ3v) is 19.9. The summed E-state index contributed by atoms with van der Waals surface area (Å²) >= 11 is 0. The number of unbranched alkanes of at least 4 members (excludes halogenated alkanes) is 36. The number of aliphatic hydroxyl groups excluding tert-OH is 1. The van der Waals surface area contributed by atoms with E-state index in [0.29, 0.717) is 25.7 Å². The molecule has 0 fully saturated rings. The van der Waals surface area contributed by atoms with Gasteiger partial charge in [-0.1, -0.05) is 325 Å². The first-order valence-corrected chi connectivity index (χ1v) is 41.8. The van der Waals surface area contributed by atoms with E-state index < -0.39 is 97.5 Å². The van der Waals surface area contributed by atoms with Gasteiger partial charge in [0, 0.05) is 25.7 Å². The van der Waals surface area contributed by atoms with Gasteiger partial charge in [-0.2, -0.15) is 0 Å². The minimum Gasteiger partial charge on any atom is -0.462 e. The highest BCUT2D eigenvalue weighted by Crippen LogP contribution is 2.45. The van der Waals surface area contributed by atoms with Gasteiger partial charge in [0.1, 0.15) is 19.3 Å². The molecule has 0 rings (SSSR count). The summed E-state index contributed by atoms with van der Waals surface area (Å²) in [4.78, 5) is 72.7. The van der Waals surface area contributed by atoms with Crippen molar-refractivity contribution in [1.29, 1.82) is 0 Å². The molecule has 0 amide bonds. The van der Waals surface area contributed by atoms with Crippen LogP contribution in [0, 0.1) is 23.7 Å². The van der Waals surface area contributed by atoms with Crippen molar-refractivity contribution in [2.75, 3.05) is 39.6 Å². The van der Waals surface area contributed by atoms with Gasteiger partial charge in [-0.05, 0) is 49.4 Å². The summed E-state index contributed by atoms with van der Waals surface area (Å²) in [6.07, 6.45) is 48.7. The summed E-state index contributed by atoms with van der Waals surface area (Å²) in [7, 11) is -9.91. The minimum atomic E-state index is -4.96. The van der Waals surface area contributed by atoms with Crippen molar-refractivity contribution in [3.8, 4) is 0 Å². The number of hydrogen-bond acceptors (Lipinski definition) is 15. The van der Waals surface area contributed by atoms with E-state index in [4.69, 9.17) is 37.0 Å². The van der Waals surface area contributed by atoms with Crippen LogP contribution < -0.4 is 0 Å². The molecule has 0 heterocycles. The van der Waals surface area contributed by atoms with Gasteiger partial charge in [0.05, 0.1) is 26.4 Å². The molecule has 0 bridgehead atoms. The molecule has 0 saturated carbocycles. The molecule has 558 valence electrons. The fourth-order valence-corrected chi connectivity index (χ4v) is 12.9. The van der Waals surface area contributed by atoms with Crippen molar-refractivity contribution in [2.45, 2.75) is 395 Å². The number of phosphoric acid groups is 2. The van der Waals surface area contributed by atoms with Crippen LogP contribution in [0.1, 0.15) is 376 Å². The Labute approximate surface area is 575 Å². The predicted molar refractivity (Wildman–Crippen MR) is 381 cm³/mol. The van der Waals surface area contributed by atoms with Gasteiger partial charge in [0.15, 0.2) is 12.2 Å². The topological polar surface area (TPSA) is 237 Å². The quantitative estimate of drug-likeness (QED) is 0.0222. The second-order valence-corrected chi connectivity index (χ2v) is 31.4. The van der Waals surface area contributed by atoms with Gasteiger partial charge in [0.2, 0.25) is 0 Å². The number of esters is 4. The average Bonchev–Trinajstić information content (AvgIpc) is 1.35. The number of carbonyl (C=O) groups excluding carboxylic acids is 4. The fraction of sp³-hybridized carbons (Fsp3) is 0.947. The lowest BCUT2D eigenvalue weighted by Gasteiger charge is -2.21. The Morgan fingerprint density at radius 1 is 0.298 bits per heavy atom. The van der Waals surface area contributed by atoms with Crippen LogP contribution in [0.15, 0.2) is 0 Å². The van der Waals surface area contributed by atoms with E-state index in [-0.39, 0.29) is 25.7 Å². The highest BCUT2D eigenvalue weighted by atomic mass is 31.2. The van der Waals surface area contributed by atoms with Crippen LogP contribution in [0.3, 0.4) is 0 Å². The molecule has 94 heavy (non-hydrogen) atoms. The second kappa shape index (κ2) is 64.4. The van der Waals surface area contributed by atoms with Gasteiger partial charge in [-0.3, -0.25) is 37.3 Å². The monoisotopic (exact) mass is 1380 g/mol. The van der Waals surface area contributed by atoms with Crippen LogP contribution in [0.25, 0.3) is 0 Å². The lowest BCUT2D eigenvalue weighted by molar-refractivity contribution is -0.161. The molecule has 0 aliphatic heterocycles. The fourth-order valence-electron chi connectivity index (χ4n) is 11.3. The van der Waals surface area contributed by atoms with Crippen LogP contribution >= 0.6 is 15.6 Å². The maximum Gasteiger partial charge on any atom is 0.472 e. The zero-order valence-electron chi connectivity index (χ0n) is 61.6. The minimum absolute atomic E-state index is 0.102. The molecular formula is C75H146O17P2. The predicted octanol–water partition coefficient (Wildman–Crippen LogP) is 21.7. The normalized spacial score (nSPS) is 14.7. The smallest absolute Gasteiger partial charge is 0.462 e. The number of carbonyl (C=O) groups is 4. The lowest BCUT2D eigenvalue weighted by Crippen LogP contribution is -2.30. The summed E-state index contributed by atoms with van der Waals surface area (Å²) in [6, 6.07) is 0. The van der Waals surface area contributed by atoms with Crippen LogP contribution in [-0.4, -0.2) is 96.7 Å². The Hall–Kier alpha value is -1.94. The summed E-state index contributed by atoms with van der Waals surface area (Å²) < 4.78 is 68.4. The molecular weight excluding hydrogens is 1230 g/mol. The van der Waals surface area contributed by atoms with Gasteiger partial charge in [-0.15, -0.1) is 0 Å². The van der Waals surface area contributed by atoms with Gasteiger partial charge >= 0.3 is 39.5 Å². The van der Waals surface area contributed by atoms with Crippen molar-refractivity contribution in [1.82, 2.24) is 0 Å². The van der Waals surface area contributed by atoms with E-state index in [1.54, 1.807) is 0 Å². The van der Waals surface area contributed by atoms with Gasteiger partial charge in [0.25, 0.3) is 0 Å². The SMILES string of the molecule is CCC(C)CCCCCCCCC(=O)OC[C@H](COP(=O)(O)OC[C@H](O)COP(=O)(O)OC[C@@H](COC(=O)CCCCCCCCCCCCCCC(C)C)OC(=O)CCCCCCCCCCCCCCCCCCC(C)C)OC(=O)CCCCCCCCC(C)CC. The van der Waals surface area contributed by atoms with Crippen LogP contribution in [0.2, 0.25) is 0 Å². The second-order valence-electron chi connectivity index (χ2n) is 28.5. The summed E-state index contributed by atoms with van der Waals surface area (Å²) in [5.41, 5.74) is 0. The molecule has 19 heteroatoms. The molecule has 0 spiro atoms. The van der Waals surface area contributed by atoms with E-state index >= 15 is 0 Å². The highest BCUT2D eigenvalue weighted by molar-refractivity contribution is 7.47. The largest absolute Gasteiger partial charge is 0.472 e. The maximum absolute atomic E-state index is 13.1. The van der Waals surface area contributed by atoms with Crippen LogP contribution in [-0.2, 0) is 65.4 Å². The lowest BCUT2D eigenvalue weighted by atomic mass is 10.00. The van der Waals surface area contributed by atoms with Crippen molar-refractivity contribution < 1.29 is 80.2 Å². The number of rotatable bonds is 72. The molecule has 0 aromatic rings. The third-order valence-electron chi connectivity index (χ3n) is 18.0. The molecule has 0 aliphatic rings. The van der Waals surface area contributed by atoms with Crippen molar-refractivity contribution >= 4 is 39.5 Å². The molecule has 4 unspecified atom stereocenters. The Kier molecular flexibility index (Phi) is 63.1. The number of phosphoric ester groups is 2. The van der Waals surface area contributed by atoms with E-state index in [1.807, 2.05) is 0 Å². The first-order chi connectivity index (χ1) is 45.2. The number of ether oxygens (including phenoxy) is 4. The Balaban J connectivity index is 5.23. The Morgan fingerprint density at radius 2 is 0.511 bits per heavy atom. The Bertz CT molecular complexity index is 1850. The van der Waals surface area contributed by atoms with Crippen molar-refractivity contribution in [3.05, 3.63) is 0 Å². The third kappa shape index (κ3) is 66.0. The van der Waals surface area contributed by atoms with E-state index in [0.717, 1.165) is 120 Å². The summed E-state index contributed by atoms with van der Waals surface area (Å²) in [6.45, 7) is 14.1. The molecule has 0 saturated heterocycles. The maximum atomic E-state index is 13.1. The highest BCUT2D eigenvalue weighted by Gasteiger charge is 2.30. The first-order valence-electron chi connectivity index (χ1n) is 38.8. The summed E-state index contributed by atoms with van der Waals surface area (Å²) in [5.74, 6) is 0.916. The van der Waals surface area contributed by atoms with Gasteiger partial charge in [-0.25, -0.2) is 9.13 Å². The van der Waals surface area contributed by atoms with Crippen LogP contribution in [0.5, 0.6) is 0 Å². The van der Waals surface area contributed by atoms with E-state index in [1.165, 1.54) is 173 Å². The van der Waals surface area contributed by atoms with Crippen molar-refractivity contribution in [2.24, 2.45) is 23.7 Å². The molecule has 3 N–H and O–H groups in total. The molecule has 7 atom stereocenters. The number of aliphatic hydroxyl groups is 1. The zero-order chi connectivity index (χ0) is 69.6. The van der Waals surface area contributed by atoms with Crippen molar-refractivity contribution in [3.63, 3.8) is 0 Å². The number of hydrogen-bond donors (Lipinski definition) is 3. The standard InChI is InChI=1S/C75H146O17P2/c1-9-67(7)53-45-37-31-33-40-48-56-73(78)86-62-71(92-75(80)58-50-42-34-32-38-46-54-68(8)10-2)64-90-94(83,84)88-60-69(76)59-87-93(81,82)89-63-70(61-85-72(77)55-47-39-29-25-21-18-17-20-24-28-36-44-52-66(5)6)91-74(79)57-49-41-30-26-22-16-14-12-11-13-15-19-23-27-35-43-51-65(3)4/h65-71,76H,9-64H2,1-8H3,(H,81,82)(H,83,84)/t67?,68?,69-,70-,71-/m1/s1. The zero-order valence-corrected chi connectivity index (χ0v) is 63.4.